The summed E-state index contributed by atoms with van der Waals surface area (Å²) in [6, 6.07) is 10.0. The molecule has 2 aromatic rings. The highest BCUT2D eigenvalue weighted by Crippen LogP contribution is 2.36. The van der Waals surface area contributed by atoms with Crippen molar-refractivity contribution in [1.29, 1.82) is 0 Å². The summed E-state index contributed by atoms with van der Waals surface area (Å²) in [5, 5.41) is 6.24. The molecule has 0 fully saturated rings. The van der Waals surface area contributed by atoms with Gasteiger partial charge in [-0.25, -0.2) is 0 Å². The fourth-order valence-corrected chi connectivity index (χ4v) is 2.72. The number of benzene rings is 1. The average molecular weight is 252 g/mol. The third kappa shape index (κ3) is 1.77. The van der Waals surface area contributed by atoms with Gasteiger partial charge in [-0.15, -0.1) is 11.3 Å². The number of ether oxygens (including phenoxy) is 1. The van der Waals surface area contributed by atoms with Crippen molar-refractivity contribution in [3.63, 3.8) is 0 Å². The zero-order valence-electron chi connectivity index (χ0n) is 8.44. The molecule has 0 bridgehead atoms. The van der Waals surface area contributed by atoms with Crippen LogP contribution in [0.15, 0.2) is 35.7 Å². The molecule has 1 aromatic heterocycles. The zero-order chi connectivity index (χ0) is 11.0. The number of halogens is 1. The Balaban J connectivity index is 1.91. The summed E-state index contributed by atoms with van der Waals surface area (Å²) in [6.45, 7) is 0.662. The first-order chi connectivity index (χ1) is 7.83. The van der Waals surface area contributed by atoms with Gasteiger partial charge in [-0.1, -0.05) is 17.7 Å². The summed E-state index contributed by atoms with van der Waals surface area (Å²) in [7, 11) is 0. The van der Waals surface area contributed by atoms with E-state index in [1.807, 2.05) is 18.2 Å². The SMILES string of the molecule is Clc1ccc2c(c1)N[C@@H](c1cccs1)CO2. The number of nitrogens with one attached hydrogen (secondary N) is 1. The van der Waals surface area contributed by atoms with Crippen LogP contribution in [0.4, 0.5) is 5.69 Å². The molecule has 2 nitrogen and oxygen atoms in total. The van der Waals surface area contributed by atoms with Crippen molar-refractivity contribution in [2.45, 2.75) is 6.04 Å². The van der Waals surface area contributed by atoms with Crippen LogP contribution in [0.25, 0.3) is 0 Å². The Hall–Kier alpha value is -1.19. The lowest BCUT2D eigenvalue weighted by Gasteiger charge is -2.26. The number of hydrogen-bond donors (Lipinski definition) is 1. The van der Waals surface area contributed by atoms with Gasteiger partial charge in [0.1, 0.15) is 12.4 Å². The Morgan fingerprint density at radius 3 is 3.12 bits per heavy atom. The molecule has 1 N–H and O–H groups in total. The molecule has 1 aliphatic heterocycles. The number of thiophene rings is 1. The van der Waals surface area contributed by atoms with E-state index in [4.69, 9.17) is 16.3 Å². The minimum Gasteiger partial charge on any atom is -0.489 e. The van der Waals surface area contributed by atoms with Gasteiger partial charge in [0, 0.05) is 9.90 Å². The Labute approximate surface area is 103 Å². The van der Waals surface area contributed by atoms with E-state index in [0.29, 0.717) is 6.61 Å². The highest BCUT2D eigenvalue weighted by atomic mass is 35.5. The van der Waals surface area contributed by atoms with E-state index in [2.05, 4.69) is 22.8 Å². The third-order valence-electron chi connectivity index (χ3n) is 2.56. The molecular weight excluding hydrogens is 242 g/mol. The first-order valence-corrected chi connectivity index (χ1v) is 6.31. The molecule has 1 aliphatic rings. The Bertz CT molecular complexity index is 498. The van der Waals surface area contributed by atoms with Crippen LogP contribution in [0, 0.1) is 0 Å². The summed E-state index contributed by atoms with van der Waals surface area (Å²) in [5.74, 6) is 0.872. The van der Waals surface area contributed by atoms with Gasteiger partial charge in [0.2, 0.25) is 0 Å². The number of anilines is 1. The van der Waals surface area contributed by atoms with Crippen LogP contribution in [0.5, 0.6) is 5.75 Å². The van der Waals surface area contributed by atoms with Crippen molar-refractivity contribution in [2.75, 3.05) is 11.9 Å². The Kier molecular flexibility index (Phi) is 2.50. The van der Waals surface area contributed by atoms with E-state index in [9.17, 15) is 0 Å². The van der Waals surface area contributed by atoms with Gasteiger partial charge in [0.15, 0.2) is 0 Å². The van der Waals surface area contributed by atoms with Gasteiger partial charge >= 0.3 is 0 Å². The van der Waals surface area contributed by atoms with E-state index in [0.717, 1.165) is 16.5 Å². The normalized spacial score (nSPS) is 18.4. The van der Waals surface area contributed by atoms with Crippen molar-refractivity contribution >= 4 is 28.6 Å². The molecule has 0 amide bonds. The first kappa shape index (κ1) is 10.00. The van der Waals surface area contributed by atoms with E-state index < -0.39 is 0 Å². The highest BCUT2D eigenvalue weighted by Gasteiger charge is 2.20. The zero-order valence-corrected chi connectivity index (χ0v) is 10.0. The average Bonchev–Trinajstić information content (AvgIpc) is 2.81. The van der Waals surface area contributed by atoms with Gasteiger partial charge in [0.25, 0.3) is 0 Å². The number of rotatable bonds is 1. The maximum Gasteiger partial charge on any atom is 0.142 e. The third-order valence-corrected chi connectivity index (χ3v) is 3.78. The molecule has 0 saturated carbocycles. The van der Waals surface area contributed by atoms with Crippen LogP contribution in [0.3, 0.4) is 0 Å². The van der Waals surface area contributed by atoms with Crippen LogP contribution < -0.4 is 10.1 Å². The van der Waals surface area contributed by atoms with Crippen molar-refractivity contribution < 1.29 is 4.74 Å². The standard InChI is InChI=1S/C12H10ClNOS/c13-8-3-4-11-9(6-8)14-10(7-15-11)12-2-1-5-16-12/h1-6,10,14H,7H2/t10-/m1/s1. The summed E-state index contributed by atoms with van der Waals surface area (Å²) in [5.41, 5.74) is 0.970. The monoisotopic (exact) mass is 251 g/mol. The van der Waals surface area contributed by atoms with E-state index in [1.54, 1.807) is 11.3 Å². The van der Waals surface area contributed by atoms with Crippen molar-refractivity contribution in [3.05, 3.63) is 45.6 Å². The Morgan fingerprint density at radius 2 is 2.31 bits per heavy atom. The molecular formula is C12H10ClNOS. The number of fused-ring (bicyclic) bond motifs is 1. The fraction of sp³-hybridized carbons (Fsp3) is 0.167. The summed E-state index contributed by atoms with van der Waals surface area (Å²) < 4.78 is 5.70. The quantitative estimate of drug-likeness (QED) is 0.829. The predicted molar refractivity (Wildman–Crippen MR) is 67.6 cm³/mol. The van der Waals surface area contributed by atoms with Crippen LogP contribution >= 0.6 is 22.9 Å². The lowest BCUT2D eigenvalue weighted by atomic mass is 10.2. The van der Waals surface area contributed by atoms with Crippen molar-refractivity contribution in [3.8, 4) is 5.75 Å². The Morgan fingerprint density at radius 1 is 1.38 bits per heavy atom. The van der Waals surface area contributed by atoms with Gasteiger partial charge in [-0.3, -0.25) is 0 Å². The molecule has 1 atom stereocenters. The smallest absolute Gasteiger partial charge is 0.142 e. The highest BCUT2D eigenvalue weighted by molar-refractivity contribution is 7.10. The lowest BCUT2D eigenvalue weighted by molar-refractivity contribution is 0.288. The summed E-state index contributed by atoms with van der Waals surface area (Å²) in [6.07, 6.45) is 0. The lowest BCUT2D eigenvalue weighted by Crippen LogP contribution is -2.22. The maximum atomic E-state index is 5.96. The topological polar surface area (TPSA) is 21.3 Å². The molecule has 16 heavy (non-hydrogen) atoms. The second kappa shape index (κ2) is 4.00. The first-order valence-electron chi connectivity index (χ1n) is 5.05. The van der Waals surface area contributed by atoms with Crippen LogP contribution in [-0.4, -0.2) is 6.61 Å². The maximum absolute atomic E-state index is 5.96. The second-order valence-electron chi connectivity index (χ2n) is 3.66. The molecule has 2 heterocycles. The van der Waals surface area contributed by atoms with E-state index in [-0.39, 0.29) is 6.04 Å². The van der Waals surface area contributed by atoms with E-state index >= 15 is 0 Å². The van der Waals surface area contributed by atoms with Crippen molar-refractivity contribution in [2.24, 2.45) is 0 Å². The van der Waals surface area contributed by atoms with Crippen LogP contribution in [0.1, 0.15) is 10.9 Å². The van der Waals surface area contributed by atoms with Gasteiger partial charge in [-0.05, 0) is 29.6 Å². The molecule has 0 spiro atoms. The van der Waals surface area contributed by atoms with Crippen molar-refractivity contribution in [1.82, 2.24) is 0 Å². The molecule has 3 rings (SSSR count). The molecule has 1 aromatic carbocycles. The molecule has 0 unspecified atom stereocenters. The van der Waals surface area contributed by atoms with Gasteiger partial charge < -0.3 is 10.1 Å². The van der Waals surface area contributed by atoms with Crippen LogP contribution in [0.2, 0.25) is 5.02 Å². The van der Waals surface area contributed by atoms with Gasteiger partial charge in [-0.2, -0.15) is 0 Å². The molecule has 0 radical (unpaired) electrons. The van der Waals surface area contributed by atoms with Gasteiger partial charge in [0.05, 0.1) is 11.7 Å². The minimum atomic E-state index is 0.228. The second-order valence-corrected chi connectivity index (χ2v) is 5.08. The van der Waals surface area contributed by atoms with E-state index in [1.165, 1.54) is 4.88 Å². The molecule has 0 aliphatic carbocycles. The number of hydrogen-bond acceptors (Lipinski definition) is 3. The minimum absolute atomic E-state index is 0.228. The predicted octanol–water partition coefficient (Wildman–Crippen LogP) is 3.95. The molecule has 82 valence electrons. The molecule has 0 saturated heterocycles. The summed E-state index contributed by atoms with van der Waals surface area (Å²) >= 11 is 7.69. The largest absolute Gasteiger partial charge is 0.489 e. The van der Waals surface area contributed by atoms with Crippen LogP contribution in [-0.2, 0) is 0 Å². The molecule has 4 heteroatoms. The summed E-state index contributed by atoms with van der Waals surface area (Å²) in [4.78, 5) is 1.28. The fourth-order valence-electron chi connectivity index (χ4n) is 1.79.